The first-order valence-electron chi connectivity index (χ1n) is 8.75. The second-order valence-electron chi connectivity index (χ2n) is 6.36. The van der Waals surface area contributed by atoms with E-state index in [0.717, 1.165) is 24.0 Å². The number of methoxy groups -OCH3 is 1. The minimum atomic E-state index is -0.338. The summed E-state index contributed by atoms with van der Waals surface area (Å²) >= 11 is 0. The smallest absolute Gasteiger partial charge is 0.337 e. The maximum Gasteiger partial charge on any atom is 0.337 e. The highest BCUT2D eigenvalue weighted by molar-refractivity contribution is 5.89. The Morgan fingerprint density at radius 1 is 1.04 bits per heavy atom. The first-order valence-corrected chi connectivity index (χ1v) is 8.75. The van der Waals surface area contributed by atoms with Crippen LogP contribution in [0.25, 0.3) is 5.57 Å². The van der Waals surface area contributed by atoms with Crippen molar-refractivity contribution in [3.63, 3.8) is 0 Å². The maximum absolute atomic E-state index is 12.3. The van der Waals surface area contributed by atoms with E-state index in [4.69, 9.17) is 9.47 Å². The molecule has 0 spiro atoms. The summed E-state index contributed by atoms with van der Waals surface area (Å²) in [6, 6.07) is 17.1. The van der Waals surface area contributed by atoms with Gasteiger partial charge in [-0.25, -0.2) is 4.79 Å². The Bertz CT molecular complexity index is 791. The minimum Gasteiger partial charge on any atom is -0.465 e. The standard InChI is InChI=1S/C22H22O4/c1-25-21(23)19-11-7-17(8-12-19)18-9-13-20(14-10-18)22(24)26-15-16-5-3-2-4-6-16/h2-9,11-12,20H,10,13-15H2,1H3. The largest absolute Gasteiger partial charge is 0.465 e. The van der Waals surface area contributed by atoms with E-state index in [1.165, 1.54) is 12.7 Å². The lowest BCUT2D eigenvalue weighted by Gasteiger charge is -2.21. The number of benzene rings is 2. The molecule has 0 saturated carbocycles. The van der Waals surface area contributed by atoms with Gasteiger partial charge in [0.2, 0.25) is 0 Å². The maximum atomic E-state index is 12.3. The molecule has 26 heavy (non-hydrogen) atoms. The monoisotopic (exact) mass is 350 g/mol. The van der Waals surface area contributed by atoms with Crippen molar-refractivity contribution < 1.29 is 19.1 Å². The van der Waals surface area contributed by atoms with E-state index in [9.17, 15) is 9.59 Å². The Balaban J connectivity index is 1.56. The second-order valence-corrected chi connectivity index (χ2v) is 6.36. The molecule has 0 N–H and O–H groups in total. The van der Waals surface area contributed by atoms with Crippen LogP contribution in [0.3, 0.4) is 0 Å². The Morgan fingerprint density at radius 2 is 1.77 bits per heavy atom. The summed E-state index contributed by atoms with van der Waals surface area (Å²) in [6.07, 6.45) is 4.38. The van der Waals surface area contributed by atoms with Crippen molar-refractivity contribution in [2.24, 2.45) is 5.92 Å². The molecule has 0 heterocycles. The fourth-order valence-corrected chi connectivity index (χ4v) is 3.10. The molecule has 0 saturated heterocycles. The van der Waals surface area contributed by atoms with Gasteiger partial charge in [-0.15, -0.1) is 0 Å². The van der Waals surface area contributed by atoms with Gasteiger partial charge in [0.25, 0.3) is 0 Å². The van der Waals surface area contributed by atoms with E-state index in [0.29, 0.717) is 18.6 Å². The van der Waals surface area contributed by atoms with Gasteiger partial charge in [-0.1, -0.05) is 48.5 Å². The van der Waals surface area contributed by atoms with Gasteiger partial charge in [0, 0.05) is 0 Å². The van der Waals surface area contributed by atoms with Crippen LogP contribution in [0.15, 0.2) is 60.7 Å². The van der Waals surface area contributed by atoms with Crippen molar-refractivity contribution in [2.45, 2.75) is 25.9 Å². The third-order valence-corrected chi connectivity index (χ3v) is 4.64. The van der Waals surface area contributed by atoms with Gasteiger partial charge < -0.3 is 9.47 Å². The fraction of sp³-hybridized carbons (Fsp3) is 0.273. The normalized spacial score (nSPS) is 16.5. The van der Waals surface area contributed by atoms with E-state index >= 15 is 0 Å². The van der Waals surface area contributed by atoms with Crippen LogP contribution in [0.1, 0.15) is 40.7 Å². The summed E-state index contributed by atoms with van der Waals surface area (Å²) in [5.74, 6) is -0.558. The topological polar surface area (TPSA) is 52.6 Å². The Morgan fingerprint density at radius 3 is 2.38 bits per heavy atom. The first-order chi connectivity index (χ1) is 12.7. The summed E-state index contributed by atoms with van der Waals surface area (Å²) < 4.78 is 10.2. The SMILES string of the molecule is COC(=O)c1ccc(C2=CCC(C(=O)OCc3ccccc3)CC2)cc1. The van der Waals surface area contributed by atoms with Crippen molar-refractivity contribution in [2.75, 3.05) is 7.11 Å². The molecule has 1 aliphatic carbocycles. The van der Waals surface area contributed by atoms with Crippen LogP contribution in [-0.2, 0) is 20.9 Å². The van der Waals surface area contributed by atoms with E-state index < -0.39 is 0 Å². The highest BCUT2D eigenvalue weighted by Crippen LogP contribution is 2.31. The number of carbonyl (C=O) groups excluding carboxylic acids is 2. The van der Waals surface area contributed by atoms with Crippen molar-refractivity contribution in [1.82, 2.24) is 0 Å². The van der Waals surface area contributed by atoms with Gasteiger partial charge >= 0.3 is 11.9 Å². The third kappa shape index (κ3) is 4.39. The Labute approximate surface area is 153 Å². The number of esters is 2. The summed E-state index contributed by atoms with van der Waals surface area (Å²) in [5, 5.41) is 0. The molecule has 3 rings (SSSR count). The number of hydrogen-bond donors (Lipinski definition) is 0. The third-order valence-electron chi connectivity index (χ3n) is 4.64. The van der Waals surface area contributed by atoms with Crippen molar-refractivity contribution in [3.05, 3.63) is 77.4 Å². The molecule has 4 heteroatoms. The molecule has 1 atom stereocenters. The van der Waals surface area contributed by atoms with Crippen LogP contribution in [-0.4, -0.2) is 19.0 Å². The van der Waals surface area contributed by atoms with Crippen LogP contribution in [0.4, 0.5) is 0 Å². The van der Waals surface area contributed by atoms with Gasteiger partial charge in [0.15, 0.2) is 0 Å². The molecular weight excluding hydrogens is 328 g/mol. The second kappa shape index (κ2) is 8.48. The van der Waals surface area contributed by atoms with Gasteiger partial charge in [-0.05, 0) is 48.1 Å². The molecule has 1 unspecified atom stereocenters. The molecule has 2 aromatic carbocycles. The van der Waals surface area contributed by atoms with Gasteiger partial charge in [0.1, 0.15) is 6.61 Å². The Kier molecular flexibility index (Phi) is 5.84. The quantitative estimate of drug-likeness (QED) is 0.750. The lowest BCUT2D eigenvalue weighted by molar-refractivity contribution is -0.150. The molecule has 0 bridgehead atoms. The van der Waals surface area contributed by atoms with Crippen LogP contribution in [0.5, 0.6) is 0 Å². The lowest BCUT2D eigenvalue weighted by Crippen LogP contribution is -2.19. The fourth-order valence-electron chi connectivity index (χ4n) is 3.10. The highest BCUT2D eigenvalue weighted by atomic mass is 16.5. The minimum absolute atomic E-state index is 0.0863. The zero-order chi connectivity index (χ0) is 18.4. The summed E-state index contributed by atoms with van der Waals surface area (Å²) in [4.78, 5) is 23.8. The van der Waals surface area contributed by atoms with Crippen molar-refractivity contribution >= 4 is 17.5 Å². The molecule has 0 aliphatic heterocycles. The zero-order valence-corrected chi connectivity index (χ0v) is 14.8. The number of hydrogen-bond acceptors (Lipinski definition) is 4. The van der Waals surface area contributed by atoms with Gasteiger partial charge in [-0.2, -0.15) is 0 Å². The number of carbonyl (C=O) groups is 2. The van der Waals surface area contributed by atoms with Crippen LogP contribution < -0.4 is 0 Å². The predicted octanol–water partition coefficient (Wildman–Crippen LogP) is 4.40. The van der Waals surface area contributed by atoms with E-state index in [1.807, 2.05) is 42.5 Å². The summed E-state index contributed by atoms with van der Waals surface area (Å²) in [7, 11) is 1.37. The van der Waals surface area contributed by atoms with Gasteiger partial charge in [-0.3, -0.25) is 4.79 Å². The molecule has 1 aliphatic rings. The highest BCUT2D eigenvalue weighted by Gasteiger charge is 2.23. The first kappa shape index (κ1) is 17.9. The zero-order valence-electron chi connectivity index (χ0n) is 14.8. The number of allylic oxidation sites excluding steroid dienone is 2. The molecule has 2 aromatic rings. The average Bonchev–Trinajstić information content (AvgIpc) is 2.72. The summed E-state index contributed by atoms with van der Waals surface area (Å²) in [5.41, 5.74) is 3.82. The molecule has 0 fully saturated rings. The predicted molar refractivity (Wildman–Crippen MR) is 99.3 cm³/mol. The lowest BCUT2D eigenvalue weighted by atomic mass is 9.86. The van der Waals surface area contributed by atoms with E-state index in [2.05, 4.69) is 6.08 Å². The molecule has 0 radical (unpaired) electrons. The van der Waals surface area contributed by atoms with Crippen LogP contribution >= 0.6 is 0 Å². The number of rotatable bonds is 5. The van der Waals surface area contributed by atoms with Crippen LogP contribution in [0, 0.1) is 5.92 Å². The molecule has 134 valence electrons. The van der Waals surface area contributed by atoms with E-state index in [-0.39, 0.29) is 17.9 Å². The summed E-state index contributed by atoms with van der Waals surface area (Å²) in [6.45, 7) is 0.321. The molecule has 0 aromatic heterocycles. The van der Waals surface area contributed by atoms with Gasteiger partial charge in [0.05, 0.1) is 18.6 Å². The molecule has 0 amide bonds. The molecular formula is C22H22O4. The average molecular weight is 350 g/mol. The Hall–Kier alpha value is -2.88. The van der Waals surface area contributed by atoms with Crippen LogP contribution in [0.2, 0.25) is 0 Å². The van der Waals surface area contributed by atoms with E-state index in [1.54, 1.807) is 12.1 Å². The molecule has 4 nitrogen and oxygen atoms in total. The van der Waals surface area contributed by atoms with Crippen molar-refractivity contribution in [1.29, 1.82) is 0 Å². The number of ether oxygens (including phenoxy) is 2. The van der Waals surface area contributed by atoms with Crippen molar-refractivity contribution in [3.8, 4) is 0 Å².